The standard InChI is InChI=1S/C13H27N3O3S/c1-5-15(10-13(17)14-11(2)3)20(18,19)16-8-6-7-12(4)9-16/h11-12H,5-10H2,1-4H3,(H,14,17). The van der Waals surface area contributed by atoms with E-state index in [1.54, 1.807) is 6.92 Å². The molecular weight excluding hydrogens is 278 g/mol. The molecule has 0 bridgehead atoms. The van der Waals surface area contributed by atoms with Crippen LogP contribution in [0.25, 0.3) is 0 Å². The van der Waals surface area contributed by atoms with Crippen LogP contribution < -0.4 is 5.32 Å². The van der Waals surface area contributed by atoms with Gasteiger partial charge in [0.25, 0.3) is 10.2 Å². The van der Waals surface area contributed by atoms with Gasteiger partial charge in [0.05, 0.1) is 6.54 Å². The molecule has 0 aromatic heterocycles. The zero-order valence-corrected chi connectivity index (χ0v) is 13.7. The van der Waals surface area contributed by atoms with E-state index < -0.39 is 10.2 Å². The molecule has 7 heteroatoms. The van der Waals surface area contributed by atoms with Gasteiger partial charge >= 0.3 is 0 Å². The average molecular weight is 305 g/mol. The molecule has 0 aliphatic carbocycles. The Labute approximate surface area is 122 Å². The molecule has 6 nitrogen and oxygen atoms in total. The van der Waals surface area contributed by atoms with Crippen LogP contribution in [0, 0.1) is 5.92 Å². The third kappa shape index (κ3) is 4.71. The number of rotatable bonds is 6. The topological polar surface area (TPSA) is 69.7 Å². The molecule has 1 N–H and O–H groups in total. The van der Waals surface area contributed by atoms with Crippen molar-refractivity contribution in [3.8, 4) is 0 Å². The van der Waals surface area contributed by atoms with Gasteiger partial charge in [-0.2, -0.15) is 17.0 Å². The monoisotopic (exact) mass is 305 g/mol. The summed E-state index contributed by atoms with van der Waals surface area (Å²) in [6.45, 7) is 8.82. The predicted molar refractivity (Wildman–Crippen MR) is 79.4 cm³/mol. The third-order valence-electron chi connectivity index (χ3n) is 3.39. The second-order valence-electron chi connectivity index (χ2n) is 5.76. The molecule has 1 saturated heterocycles. The van der Waals surface area contributed by atoms with Crippen molar-refractivity contribution < 1.29 is 13.2 Å². The van der Waals surface area contributed by atoms with Crippen molar-refractivity contribution in [1.29, 1.82) is 0 Å². The predicted octanol–water partition coefficient (Wildman–Crippen LogP) is 0.810. The Bertz CT molecular complexity index is 423. The van der Waals surface area contributed by atoms with E-state index in [0.29, 0.717) is 25.6 Å². The van der Waals surface area contributed by atoms with Crippen LogP contribution in [-0.4, -0.2) is 55.2 Å². The summed E-state index contributed by atoms with van der Waals surface area (Å²) in [5.41, 5.74) is 0. The Hall–Kier alpha value is -0.660. The first-order chi connectivity index (χ1) is 9.27. The Kier molecular flexibility index (Phi) is 6.42. The van der Waals surface area contributed by atoms with Gasteiger partial charge in [-0.15, -0.1) is 0 Å². The highest BCUT2D eigenvalue weighted by Crippen LogP contribution is 2.20. The lowest BCUT2D eigenvalue weighted by molar-refractivity contribution is -0.121. The van der Waals surface area contributed by atoms with Crippen LogP contribution in [0.5, 0.6) is 0 Å². The second-order valence-corrected chi connectivity index (χ2v) is 7.69. The van der Waals surface area contributed by atoms with Gasteiger partial charge in [0.15, 0.2) is 0 Å². The fraction of sp³-hybridized carbons (Fsp3) is 0.923. The number of hydrogen-bond acceptors (Lipinski definition) is 3. The largest absolute Gasteiger partial charge is 0.353 e. The minimum Gasteiger partial charge on any atom is -0.353 e. The van der Waals surface area contributed by atoms with Crippen molar-refractivity contribution in [3.63, 3.8) is 0 Å². The molecule has 1 fully saturated rings. The number of amides is 1. The molecule has 1 rings (SSSR count). The summed E-state index contributed by atoms with van der Waals surface area (Å²) in [6.07, 6.45) is 1.95. The SMILES string of the molecule is CCN(CC(=O)NC(C)C)S(=O)(=O)N1CCCC(C)C1. The lowest BCUT2D eigenvalue weighted by Crippen LogP contribution is -2.50. The number of likely N-dealkylation sites (N-methyl/N-ethyl adjacent to an activating group) is 1. The Balaban J connectivity index is 2.73. The van der Waals surface area contributed by atoms with Crippen molar-refractivity contribution in [2.75, 3.05) is 26.2 Å². The number of nitrogens with one attached hydrogen (secondary N) is 1. The summed E-state index contributed by atoms with van der Waals surface area (Å²) in [4.78, 5) is 11.8. The van der Waals surface area contributed by atoms with E-state index in [1.165, 1.54) is 8.61 Å². The van der Waals surface area contributed by atoms with Crippen LogP contribution in [0.3, 0.4) is 0 Å². The number of nitrogens with zero attached hydrogens (tertiary/aromatic N) is 2. The van der Waals surface area contributed by atoms with E-state index in [-0.39, 0.29) is 18.5 Å². The van der Waals surface area contributed by atoms with Crippen molar-refractivity contribution >= 4 is 16.1 Å². The highest BCUT2D eigenvalue weighted by molar-refractivity contribution is 7.86. The van der Waals surface area contributed by atoms with Crippen LogP contribution in [0.2, 0.25) is 0 Å². The van der Waals surface area contributed by atoms with Crippen LogP contribution in [0.1, 0.15) is 40.5 Å². The molecule has 20 heavy (non-hydrogen) atoms. The van der Waals surface area contributed by atoms with Gasteiger partial charge < -0.3 is 5.32 Å². The van der Waals surface area contributed by atoms with E-state index >= 15 is 0 Å². The van der Waals surface area contributed by atoms with Crippen molar-refractivity contribution in [2.24, 2.45) is 5.92 Å². The van der Waals surface area contributed by atoms with Gasteiger partial charge in [-0.1, -0.05) is 13.8 Å². The van der Waals surface area contributed by atoms with Crippen molar-refractivity contribution in [2.45, 2.75) is 46.6 Å². The molecule has 1 unspecified atom stereocenters. The van der Waals surface area contributed by atoms with Crippen LogP contribution in [0.15, 0.2) is 0 Å². The van der Waals surface area contributed by atoms with Crippen LogP contribution in [-0.2, 0) is 15.0 Å². The molecule has 1 atom stereocenters. The summed E-state index contributed by atoms with van der Waals surface area (Å²) in [5, 5.41) is 2.73. The first-order valence-electron chi connectivity index (χ1n) is 7.32. The smallest absolute Gasteiger partial charge is 0.282 e. The van der Waals surface area contributed by atoms with Gasteiger partial charge in [0.1, 0.15) is 0 Å². The molecule has 0 radical (unpaired) electrons. The van der Waals surface area contributed by atoms with E-state index in [0.717, 1.165) is 12.8 Å². The maximum Gasteiger partial charge on any atom is 0.282 e. The quantitative estimate of drug-likeness (QED) is 0.789. The van der Waals surface area contributed by atoms with E-state index in [2.05, 4.69) is 12.2 Å². The van der Waals surface area contributed by atoms with E-state index in [9.17, 15) is 13.2 Å². The fourth-order valence-electron chi connectivity index (χ4n) is 2.40. The molecule has 118 valence electrons. The van der Waals surface area contributed by atoms with Crippen molar-refractivity contribution in [3.05, 3.63) is 0 Å². The summed E-state index contributed by atoms with van der Waals surface area (Å²) in [6, 6.07) is 0.0129. The van der Waals surface area contributed by atoms with Gasteiger partial charge in [-0.05, 0) is 32.6 Å². The van der Waals surface area contributed by atoms with Gasteiger partial charge in [-0.25, -0.2) is 0 Å². The minimum absolute atomic E-state index is 0.0129. The summed E-state index contributed by atoms with van der Waals surface area (Å²) >= 11 is 0. The molecule has 1 amide bonds. The Morgan fingerprint density at radius 2 is 2.10 bits per heavy atom. The maximum absolute atomic E-state index is 12.6. The number of carbonyl (C=O) groups excluding carboxylic acids is 1. The van der Waals surface area contributed by atoms with Gasteiger partial charge in [-0.3, -0.25) is 4.79 Å². The van der Waals surface area contributed by atoms with Crippen LogP contribution in [0.4, 0.5) is 0 Å². The lowest BCUT2D eigenvalue weighted by atomic mass is 10.0. The molecule has 0 spiro atoms. The zero-order chi connectivity index (χ0) is 15.3. The van der Waals surface area contributed by atoms with E-state index in [1.807, 2.05) is 13.8 Å². The minimum atomic E-state index is -3.53. The first-order valence-corrected chi connectivity index (χ1v) is 8.71. The average Bonchev–Trinajstić information content (AvgIpc) is 2.34. The molecule has 1 heterocycles. The Morgan fingerprint density at radius 3 is 2.60 bits per heavy atom. The van der Waals surface area contributed by atoms with Gasteiger partial charge in [0, 0.05) is 25.7 Å². The molecule has 0 aromatic rings. The van der Waals surface area contributed by atoms with Gasteiger partial charge in [0.2, 0.25) is 5.91 Å². The van der Waals surface area contributed by atoms with Crippen LogP contribution >= 0.6 is 0 Å². The number of carbonyl (C=O) groups is 1. The molecular formula is C13H27N3O3S. The summed E-state index contributed by atoms with van der Waals surface area (Å²) in [5.74, 6) is 0.122. The van der Waals surface area contributed by atoms with Crippen molar-refractivity contribution in [1.82, 2.24) is 13.9 Å². The fourth-order valence-corrected chi connectivity index (χ4v) is 4.14. The molecule has 0 aromatic carbocycles. The first kappa shape index (κ1) is 17.4. The molecule has 0 saturated carbocycles. The molecule has 1 aliphatic rings. The zero-order valence-electron chi connectivity index (χ0n) is 12.9. The lowest BCUT2D eigenvalue weighted by Gasteiger charge is -2.33. The summed E-state index contributed by atoms with van der Waals surface area (Å²) in [7, 11) is -3.53. The second kappa shape index (κ2) is 7.38. The normalized spacial score (nSPS) is 21.4. The highest BCUT2D eigenvalue weighted by atomic mass is 32.2. The Morgan fingerprint density at radius 1 is 1.45 bits per heavy atom. The number of piperidine rings is 1. The molecule has 1 aliphatic heterocycles. The van der Waals surface area contributed by atoms with E-state index in [4.69, 9.17) is 0 Å². The summed E-state index contributed by atoms with van der Waals surface area (Å²) < 4.78 is 27.9. The third-order valence-corrected chi connectivity index (χ3v) is 5.42. The number of hydrogen-bond donors (Lipinski definition) is 1. The maximum atomic E-state index is 12.6. The highest BCUT2D eigenvalue weighted by Gasteiger charge is 2.32.